The summed E-state index contributed by atoms with van der Waals surface area (Å²) in [6, 6.07) is -0.642. The summed E-state index contributed by atoms with van der Waals surface area (Å²) in [4.78, 5) is 12.4. The molecule has 0 aliphatic rings. The van der Waals surface area contributed by atoms with Crippen LogP contribution in [0.3, 0.4) is 0 Å². The maximum Gasteiger partial charge on any atom is 0.220 e. The molecular formula is C49H91NO3. The Balaban J connectivity index is 3.59. The number of aliphatic hydroxyl groups excluding tert-OH is 2. The van der Waals surface area contributed by atoms with Gasteiger partial charge < -0.3 is 15.5 Å². The minimum atomic E-state index is -0.864. The molecule has 0 saturated heterocycles. The number of amides is 1. The maximum absolute atomic E-state index is 12.4. The van der Waals surface area contributed by atoms with Gasteiger partial charge in [-0.05, 0) is 64.2 Å². The van der Waals surface area contributed by atoms with Gasteiger partial charge in [-0.2, -0.15) is 0 Å². The summed E-state index contributed by atoms with van der Waals surface area (Å²) in [5.74, 6) is -0.0782. The Bertz CT molecular complexity index is 847. The molecule has 0 saturated carbocycles. The lowest BCUT2D eigenvalue weighted by Crippen LogP contribution is -2.45. The molecule has 4 nitrogen and oxygen atoms in total. The number of rotatable bonds is 42. The first-order chi connectivity index (χ1) is 26.2. The lowest BCUT2D eigenvalue weighted by Gasteiger charge is -2.19. The summed E-state index contributed by atoms with van der Waals surface area (Å²) in [6.07, 6.45) is 60.9. The minimum absolute atomic E-state index is 0.0782. The molecule has 0 aliphatic carbocycles. The normalized spacial score (nSPS) is 13.4. The van der Waals surface area contributed by atoms with Gasteiger partial charge in [0.25, 0.3) is 0 Å². The van der Waals surface area contributed by atoms with Crippen molar-refractivity contribution in [2.45, 2.75) is 251 Å². The number of hydrogen-bond acceptors (Lipinski definition) is 3. The van der Waals surface area contributed by atoms with Gasteiger partial charge in [0.15, 0.2) is 0 Å². The third kappa shape index (κ3) is 41.4. The molecule has 0 bridgehead atoms. The van der Waals surface area contributed by atoms with Gasteiger partial charge in [0.1, 0.15) is 0 Å². The van der Waals surface area contributed by atoms with E-state index in [4.69, 9.17) is 0 Å². The van der Waals surface area contributed by atoms with Gasteiger partial charge in [0.05, 0.1) is 18.8 Å². The fourth-order valence-corrected chi connectivity index (χ4v) is 6.93. The fourth-order valence-electron chi connectivity index (χ4n) is 6.93. The number of nitrogens with one attached hydrogen (secondary N) is 1. The second kappa shape index (κ2) is 44.7. The Morgan fingerprint density at radius 1 is 0.453 bits per heavy atom. The van der Waals surface area contributed by atoms with E-state index in [-0.39, 0.29) is 12.5 Å². The second-order valence-electron chi connectivity index (χ2n) is 15.8. The van der Waals surface area contributed by atoms with Crippen molar-refractivity contribution in [3.8, 4) is 0 Å². The van der Waals surface area contributed by atoms with Crippen molar-refractivity contribution >= 4 is 5.91 Å². The Hall–Kier alpha value is -1.65. The Kier molecular flexibility index (Phi) is 43.4. The Morgan fingerprint density at radius 2 is 0.792 bits per heavy atom. The molecule has 4 heteroatoms. The van der Waals surface area contributed by atoms with Gasteiger partial charge in [0.2, 0.25) is 5.91 Å². The molecule has 0 heterocycles. The van der Waals surface area contributed by atoms with Gasteiger partial charge in [-0.25, -0.2) is 0 Å². The number of carbonyl (C=O) groups excluding carboxylic acids is 1. The zero-order valence-electron chi connectivity index (χ0n) is 35.5. The molecule has 0 rings (SSSR count). The van der Waals surface area contributed by atoms with Crippen molar-refractivity contribution in [1.29, 1.82) is 0 Å². The van der Waals surface area contributed by atoms with Crippen LogP contribution >= 0.6 is 0 Å². The lowest BCUT2D eigenvalue weighted by atomic mass is 10.1. The highest BCUT2D eigenvalue weighted by Crippen LogP contribution is 2.14. The predicted molar refractivity (Wildman–Crippen MR) is 235 cm³/mol. The van der Waals surface area contributed by atoms with E-state index >= 15 is 0 Å². The van der Waals surface area contributed by atoms with Crippen LogP contribution in [0.15, 0.2) is 48.6 Å². The number of aliphatic hydroxyl groups is 2. The summed E-state index contributed by atoms with van der Waals surface area (Å²) < 4.78 is 0. The number of allylic oxidation sites excluding steroid dienone is 7. The van der Waals surface area contributed by atoms with Crippen LogP contribution in [0.4, 0.5) is 0 Å². The molecule has 2 atom stereocenters. The molecule has 1 amide bonds. The quantitative estimate of drug-likeness (QED) is 0.0431. The molecule has 0 fully saturated rings. The minimum Gasteiger partial charge on any atom is -0.394 e. The van der Waals surface area contributed by atoms with E-state index in [1.165, 1.54) is 180 Å². The standard InChI is InChI=1S/C49H91NO3/c1-3-5-7-9-11-13-15-17-19-21-22-23-24-25-26-27-28-29-31-33-35-37-39-41-43-45-49(53)50-47(46-51)48(52)44-42-40-38-36-34-32-30-20-18-16-14-12-10-8-6-4-2/h22-23,25-26,34,36,42,44,47-48,51-52H,3-21,24,27-33,35,37-41,43,45-46H2,1-2H3,(H,50,53)/b23-22-,26-25-,36-34+,44-42+. The zero-order valence-corrected chi connectivity index (χ0v) is 35.5. The van der Waals surface area contributed by atoms with Crippen LogP contribution in [0, 0.1) is 0 Å². The van der Waals surface area contributed by atoms with Gasteiger partial charge in [-0.3, -0.25) is 4.79 Å². The van der Waals surface area contributed by atoms with Crippen molar-refractivity contribution in [1.82, 2.24) is 5.32 Å². The summed E-state index contributed by atoms with van der Waals surface area (Å²) in [5.41, 5.74) is 0. The highest BCUT2D eigenvalue weighted by molar-refractivity contribution is 5.76. The Morgan fingerprint density at radius 3 is 1.21 bits per heavy atom. The number of carbonyl (C=O) groups is 1. The molecule has 53 heavy (non-hydrogen) atoms. The average molecular weight is 742 g/mol. The van der Waals surface area contributed by atoms with Gasteiger partial charge >= 0.3 is 0 Å². The van der Waals surface area contributed by atoms with E-state index in [1.54, 1.807) is 6.08 Å². The van der Waals surface area contributed by atoms with Crippen LogP contribution in [-0.4, -0.2) is 34.9 Å². The van der Waals surface area contributed by atoms with Crippen LogP contribution in [0.2, 0.25) is 0 Å². The third-order valence-electron chi connectivity index (χ3n) is 10.5. The van der Waals surface area contributed by atoms with Crippen molar-refractivity contribution in [3.63, 3.8) is 0 Å². The van der Waals surface area contributed by atoms with E-state index in [0.717, 1.165) is 38.5 Å². The van der Waals surface area contributed by atoms with Crippen LogP contribution < -0.4 is 5.32 Å². The second-order valence-corrected chi connectivity index (χ2v) is 15.8. The topological polar surface area (TPSA) is 69.6 Å². The van der Waals surface area contributed by atoms with Crippen LogP contribution in [0.5, 0.6) is 0 Å². The maximum atomic E-state index is 12.4. The molecule has 0 aliphatic heterocycles. The van der Waals surface area contributed by atoms with Gasteiger partial charge in [-0.15, -0.1) is 0 Å². The molecule has 0 aromatic carbocycles. The van der Waals surface area contributed by atoms with E-state index in [9.17, 15) is 15.0 Å². The van der Waals surface area contributed by atoms with E-state index in [0.29, 0.717) is 6.42 Å². The smallest absolute Gasteiger partial charge is 0.220 e. The van der Waals surface area contributed by atoms with Gasteiger partial charge in [-0.1, -0.05) is 217 Å². The summed E-state index contributed by atoms with van der Waals surface area (Å²) >= 11 is 0. The largest absolute Gasteiger partial charge is 0.394 e. The van der Waals surface area contributed by atoms with E-state index in [1.807, 2.05) is 6.08 Å². The van der Waals surface area contributed by atoms with Crippen LogP contribution in [0.25, 0.3) is 0 Å². The molecule has 0 spiro atoms. The molecule has 310 valence electrons. The number of hydrogen-bond donors (Lipinski definition) is 3. The summed E-state index contributed by atoms with van der Waals surface area (Å²) in [5, 5.41) is 23.0. The number of unbranched alkanes of at least 4 members (excludes halogenated alkanes) is 29. The fraction of sp³-hybridized carbons (Fsp3) is 0.816. The monoisotopic (exact) mass is 742 g/mol. The highest BCUT2D eigenvalue weighted by atomic mass is 16.3. The predicted octanol–water partition coefficient (Wildman–Crippen LogP) is 14.7. The zero-order chi connectivity index (χ0) is 38.6. The van der Waals surface area contributed by atoms with Crippen LogP contribution in [0.1, 0.15) is 239 Å². The first kappa shape index (κ1) is 51.4. The average Bonchev–Trinajstić information content (AvgIpc) is 3.16. The highest BCUT2D eigenvalue weighted by Gasteiger charge is 2.17. The first-order valence-electron chi connectivity index (χ1n) is 23.4. The van der Waals surface area contributed by atoms with Crippen molar-refractivity contribution in [3.05, 3.63) is 48.6 Å². The summed E-state index contributed by atoms with van der Waals surface area (Å²) in [6.45, 7) is 4.30. The Labute approximate surface area is 331 Å². The molecular weight excluding hydrogens is 651 g/mol. The van der Waals surface area contributed by atoms with Gasteiger partial charge in [0, 0.05) is 6.42 Å². The molecule has 3 N–H and O–H groups in total. The van der Waals surface area contributed by atoms with Crippen molar-refractivity contribution in [2.24, 2.45) is 0 Å². The van der Waals surface area contributed by atoms with Crippen LogP contribution in [-0.2, 0) is 4.79 Å². The summed E-state index contributed by atoms with van der Waals surface area (Å²) in [7, 11) is 0. The lowest BCUT2D eigenvalue weighted by molar-refractivity contribution is -0.123. The molecule has 0 aromatic rings. The van der Waals surface area contributed by atoms with Crippen molar-refractivity contribution in [2.75, 3.05) is 6.61 Å². The molecule has 0 aromatic heterocycles. The van der Waals surface area contributed by atoms with E-state index in [2.05, 4.69) is 55.6 Å². The van der Waals surface area contributed by atoms with Crippen molar-refractivity contribution < 1.29 is 15.0 Å². The SMILES string of the molecule is CCCCCCCCCCC/C=C\C/C=C\CCCCCCCCCCCC(=O)NC(CO)C(O)/C=C/CC/C=C/CCCCCCCCCCCC. The van der Waals surface area contributed by atoms with E-state index < -0.39 is 12.1 Å². The first-order valence-corrected chi connectivity index (χ1v) is 23.4. The molecule has 2 unspecified atom stereocenters. The molecule has 0 radical (unpaired) electrons. The third-order valence-corrected chi connectivity index (χ3v) is 10.5.